The van der Waals surface area contributed by atoms with Crippen LogP contribution >= 0.6 is 0 Å². The Bertz CT molecular complexity index is 447. The number of nitrogens with one attached hydrogen (secondary N) is 1. The fourth-order valence-electron chi connectivity index (χ4n) is 1.63. The SMILES string of the molecule is COc1cc(CN2CC(=O)NCC2=O)ccn1. The van der Waals surface area contributed by atoms with Crippen LogP contribution in [-0.2, 0) is 16.1 Å². The maximum Gasteiger partial charge on any atom is 0.242 e. The van der Waals surface area contributed by atoms with E-state index in [0.29, 0.717) is 12.4 Å². The average molecular weight is 235 g/mol. The molecule has 2 heterocycles. The van der Waals surface area contributed by atoms with Gasteiger partial charge in [-0.1, -0.05) is 0 Å². The van der Waals surface area contributed by atoms with Crippen molar-refractivity contribution in [3.8, 4) is 5.88 Å². The van der Waals surface area contributed by atoms with E-state index in [2.05, 4.69) is 10.3 Å². The van der Waals surface area contributed by atoms with Gasteiger partial charge in [-0.3, -0.25) is 9.59 Å². The smallest absolute Gasteiger partial charge is 0.242 e. The first-order valence-corrected chi connectivity index (χ1v) is 5.22. The van der Waals surface area contributed by atoms with Gasteiger partial charge in [-0.05, 0) is 11.6 Å². The van der Waals surface area contributed by atoms with Crippen molar-refractivity contribution < 1.29 is 14.3 Å². The van der Waals surface area contributed by atoms with Crippen molar-refractivity contribution in [2.24, 2.45) is 0 Å². The normalized spacial score (nSPS) is 15.7. The number of amides is 2. The predicted molar refractivity (Wildman–Crippen MR) is 59.2 cm³/mol. The Hall–Kier alpha value is -2.11. The van der Waals surface area contributed by atoms with Crippen LogP contribution in [0.1, 0.15) is 5.56 Å². The summed E-state index contributed by atoms with van der Waals surface area (Å²) in [4.78, 5) is 28.2. The first-order chi connectivity index (χ1) is 8.19. The molecule has 0 aromatic carbocycles. The third-order valence-electron chi connectivity index (χ3n) is 2.51. The van der Waals surface area contributed by atoms with Crippen LogP contribution < -0.4 is 10.1 Å². The molecule has 1 aromatic heterocycles. The quantitative estimate of drug-likeness (QED) is 0.770. The maximum atomic E-state index is 11.6. The Morgan fingerprint density at radius 2 is 2.35 bits per heavy atom. The summed E-state index contributed by atoms with van der Waals surface area (Å²) in [6.45, 7) is 0.565. The van der Waals surface area contributed by atoms with Crippen LogP contribution in [0.3, 0.4) is 0 Å². The highest BCUT2D eigenvalue weighted by Crippen LogP contribution is 2.11. The lowest BCUT2D eigenvalue weighted by Crippen LogP contribution is -2.50. The molecule has 2 amide bonds. The molecule has 1 fully saturated rings. The largest absolute Gasteiger partial charge is 0.481 e. The molecule has 1 aliphatic heterocycles. The van der Waals surface area contributed by atoms with Gasteiger partial charge in [-0.15, -0.1) is 0 Å². The molecule has 0 spiro atoms. The van der Waals surface area contributed by atoms with Gasteiger partial charge in [0.05, 0.1) is 20.2 Å². The highest BCUT2D eigenvalue weighted by Gasteiger charge is 2.22. The van der Waals surface area contributed by atoms with Crippen molar-refractivity contribution in [3.05, 3.63) is 23.9 Å². The Balaban J connectivity index is 2.08. The van der Waals surface area contributed by atoms with Crippen molar-refractivity contribution in [1.82, 2.24) is 15.2 Å². The summed E-state index contributed by atoms with van der Waals surface area (Å²) in [6, 6.07) is 3.54. The molecule has 1 saturated heterocycles. The molecule has 0 unspecified atom stereocenters. The third kappa shape index (κ3) is 2.72. The lowest BCUT2D eigenvalue weighted by Gasteiger charge is -2.26. The molecule has 17 heavy (non-hydrogen) atoms. The summed E-state index contributed by atoms with van der Waals surface area (Å²) in [5.74, 6) is 0.280. The highest BCUT2D eigenvalue weighted by atomic mass is 16.5. The van der Waals surface area contributed by atoms with Crippen molar-refractivity contribution in [2.45, 2.75) is 6.54 Å². The van der Waals surface area contributed by atoms with Crippen LogP contribution in [-0.4, -0.2) is 41.9 Å². The molecule has 0 saturated carbocycles. The summed E-state index contributed by atoms with van der Waals surface area (Å²) >= 11 is 0. The molecular weight excluding hydrogens is 222 g/mol. The molecular formula is C11H13N3O3. The van der Waals surface area contributed by atoms with E-state index < -0.39 is 0 Å². The molecule has 0 radical (unpaired) electrons. The zero-order valence-corrected chi connectivity index (χ0v) is 9.47. The highest BCUT2D eigenvalue weighted by molar-refractivity contribution is 5.92. The van der Waals surface area contributed by atoms with Crippen LogP contribution in [0.2, 0.25) is 0 Å². The van der Waals surface area contributed by atoms with Gasteiger partial charge in [0.25, 0.3) is 0 Å². The molecule has 6 nitrogen and oxygen atoms in total. The zero-order chi connectivity index (χ0) is 12.3. The van der Waals surface area contributed by atoms with Crippen LogP contribution in [0, 0.1) is 0 Å². The fraction of sp³-hybridized carbons (Fsp3) is 0.364. The van der Waals surface area contributed by atoms with Gasteiger partial charge in [-0.25, -0.2) is 4.98 Å². The molecule has 1 aromatic rings. The summed E-state index contributed by atoms with van der Waals surface area (Å²) in [6.07, 6.45) is 1.61. The van der Waals surface area contributed by atoms with Crippen molar-refractivity contribution in [2.75, 3.05) is 20.2 Å². The standard InChI is InChI=1S/C11H13N3O3/c1-17-10-4-8(2-3-12-10)6-14-7-9(15)13-5-11(14)16/h2-4H,5-7H2,1H3,(H,13,15). The summed E-state index contributed by atoms with van der Waals surface area (Å²) in [5, 5.41) is 2.50. The number of carbonyl (C=O) groups is 2. The topological polar surface area (TPSA) is 71.5 Å². The van der Waals surface area contributed by atoms with Gasteiger partial charge in [-0.2, -0.15) is 0 Å². The minimum Gasteiger partial charge on any atom is -0.481 e. The first-order valence-electron chi connectivity index (χ1n) is 5.22. The Morgan fingerprint density at radius 1 is 1.53 bits per heavy atom. The fourth-order valence-corrected chi connectivity index (χ4v) is 1.63. The summed E-state index contributed by atoms with van der Waals surface area (Å²) in [5.41, 5.74) is 0.889. The number of pyridine rings is 1. The van der Waals surface area contributed by atoms with E-state index in [0.717, 1.165) is 5.56 Å². The van der Waals surface area contributed by atoms with Gasteiger partial charge in [0.2, 0.25) is 17.7 Å². The van der Waals surface area contributed by atoms with Crippen LogP contribution in [0.15, 0.2) is 18.3 Å². The lowest BCUT2D eigenvalue weighted by molar-refractivity contribution is -0.141. The first kappa shape index (κ1) is 11.4. The number of hydrogen-bond donors (Lipinski definition) is 1. The number of nitrogens with zero attached hydrogens (tertiary/aromatic N) is 2. The van der Waals surface area contributed by atoms with Crippen LogP contribution in [0.5, 0.6) is 5.88 Å². The number of ether oxygens (including phenoxy) is 1. The van der Waals surface area contributed by atoms with E-state index in [1.807, 2.05) is 0 Å². The molecule has 0 aliphatic carbocycles. The Kier molecular flexibility index (Phi) is 3.22. The maximum absolute atomic E-state index is 11.6. The van der Waals surface area contributed by atoms with E-state index in [1.165, 1.54) is 12.0 Å². The molecule has 2 rings (SSSR count). The van der Waals surface area contributed by atoms with Gasteiger partial charge in [0, 0.05) is 18.8 Å². The van der Waals surface area contributed by atoms with E-state index >= 15 is 0 Å². The molecule has 0 bridgehead atoms. The molecule has 6 heteroatoms. The monoisotopic (exact) mass is 235 g/mol. The van der Waals surface area contributed by atoms with Crippen molar-refractivity contribution >= 4 is 11.8 Å². The molecule has 90 valence electrons. The second-order valence-electron chi connectivity index (χ2n) is 3.73. The number of rotatable bonds is 3. The number of methoxy groups -OCH3 is 1. The summed E-state index contributed by atoms with van der Waals surface area (Å²) < 4.78 is 5.00. The van der Waals surface area contributed by atoms with E-state index in [-0.39, 0.29) is 24.9 Å². The Morgan fingerprint density at radius 3 is 3.12 bits per heavy atom. The van der Waals surface area contributed by atoms with E-state index in [1.54, 1.807) is 18.3 Å². The molecule has 0 atom stereocenters. The van der Waals surface area contributed by atoms with Crippen LogP contribution in [0.4, 0.5) is 0 Å². The van der Waals surface area contributed by atoms with Gasteiger partial charge >= 0.3 is 0 Å². The number of aromatic nitrogens is 1. The molecule has 1 aliphatic rings. The zero-order valence-electron chi connectivity index (χ0n) is 9.47. The number of piperazine rings is 1. The van der Waals surface area contributed by atoms with Gasteiger partial charge in [0.15, 0.2) is 0 Å². The van der Waals surface area contributed by atoms with E-state index in [9.17, 15) is 9.59 Å². The number of hydrogen-bond acceptors (Lipinski definition) is 4. The summed E-state index contributed by atoms with van der Waals surface area (Å²) in [7, 11) is 1.53. The second kappa shape index (κ2) is 4.82. The minimum atomic E-state index is -0.134. The number of carbonyl (C=O) groups excluding carboxylic acids is 2. The van der Waals surface area contributed by atoms with Gasteiger partial charge in [0.1, 0.15) is 0 Å². The van der Waals surface area contributed by atoms with Crippen molar-refractivity contribution in [1.29, 1.82) is 0 Å². The lowest BCUT2D eigenvalue weighted by atomic mass is 10.2. The minimum absolute atomic E-state index is 0.0705. The third-order valence-corrected chi connectivity index (χ3v) is 2.51. The Labute approximate surface area is 98.6 Å². The van der Waals surface area contributed by atoms with E-state index in [4.69, 9.17) is 4.74 Å². The predicted octanol–water partition coefficient (Wildman–Crippen LogP) is -0.451. The average Bonchev–Trinajstić information content (AvgIpc) is 2.34. The van der Waals surface area contributed by atoms with Crippen molar-refractivity contribution in [3.63, 3.8) is 0 Å². The van der Waals surface area contributed by atoms with Crippen LogP contribution in [0.25, 0.3) is 0 Å². The molecule has 1 N–H and O–H groups in total. The second-order valence-corrected chi connectivity index (χ2v) is 3.73. The van der Waals surface area contributed by atoms with Gasteiger partial charge < -0.3 is 15.0 Å².